The maximum absolute atomic E-state index is 12.4. The number of ether oxygens (including phenoxy) is 2. The summed E-state index contributed by atoms with van der Waals surface area (Å²) in [6, 6.07) is 6.84. The zero-order valence-corrected chi connectivity index (χ0v) is 15.7. The Labute approximate surface area is 152 Å². The van der Waals surface area contributed by atoms with E-state index < -0.39 is 18.0 Å². The molecule has 0 unspecified atom stereocenters. The van der Waals surface area contributed by atoms with Crippen LogP contribution in [0.25, 0.3) is 0 Å². The first kappa shape index (κ1) is 21.0. The number of carbonyl (C=O) groups is 3. The molecule has 0 saturated carbocycles. The van der Waals surface area contributed by atoms with E-state index in [1.165, 1.54) is 30.7 Å². The first-order valence-corrected chi connectivity index (χ1v) is 8.75. The summed E-state index contributed by atoms with van der Waals surface area (Å²) in [7, 11) is 4.88. The van der Waals surface area contributed by atoms with Gasteiger partial charge in [0.05, 0.1) is 17.9 Å². The number of thioether (sulfide) groups is 1. The number of rotatable bonds is 9. The van der Waals surface area contributed by atoms with E-state index in [0.717, 1.165) is 0 Å². The summed E-state index contributed by atoms with van der Waals surface area (Å²) in [4.78, 5) is 38.0. The molecule has 0 aliphatic rings. The summed E-state index contributed by atoms with van der Waals surface area (Å²) in [5, 5.41) is 2.61. The third kappa shape index (κ3) is 7.15. The van der Waals surface area contributed by atoms with Crippen molar-refractivity contribution >= 4 is 29.5 Å². The molecule has 0 radical (unpaired) electrons. The number of amides is 2. The van der Waals surface area contributed by atoms with Crippen LogP contribution in [0.5, 0.6) is 0 Å². The molecule has 1 N–H and O–H groups in total. The van der Waals surface area contributed by atoms with Gasteiger partial charge in [-0.2, -0.15) is 0 Å². The van der Waals surface area contributed by atoms with Crippen molar-refractivity contribution in [3.05, 3.63) is 29.8 Å². The summed E-state index contributed by atoms with van der Waals surface area (Å²) < 4.78 is 10.1. The van der Waals surface area contributed by atoms with Crippen LogP contribution >= 0.6 is 11.8 Å². The van der Waals surface area contributed by atoms with Gasteiger partial charge in [-0.3, -0.25) is 9.59 Å². The molecule has 8 heteroatoms. The fourth-order valence-corrected chi connectivity index (χ4v) is 2.75. The normalized spacial score (nSPS) is 11.5. The Morgan fingerprint density at radius 3 is 2.56 bits per heavy atom. The van der Waals surface area contributed by atoms with Crippen LogP contribution in [-0.2, 0) is 19.1 Å². The molecule has 1 rings (SSSR count). The molecular formula is C17H24N2O5S. The van der Waals surface area contributed by atoms with Gasteiger partial charge in [0.1, 0.15) is 0 Å². The summed E-state index contributed by atoms with van der Waals surface area (Å²) in [6.45, 7) is 2.23. The van der Waals surface area contributed by atoms with E-state index in [4.69, 9.17) is 9.47 Å². The maximum Gasteiger partial charge on any atom is 0.340 e. The Morgan fingerprint density at radius 2 is 1.92 bits per heavy atom. The minimum Gasteiger partial charge on any atom is -0.449 e. The summed E-state index contributed by atoms with van der Waals surface area (Å²) >= 11 is 1.26. The van der Waals surface area contributed by atoms with E-state index in [-0.39, 0.29) is 11.7 Å². The van der Waals surface area contributed by atoms with Crippen molar-refractivity contribution < 1.29 is 23.9 Å². The van der Waals surface area contributed by atoms with Crippen molar-refractivity contribution in [2.75, 3.05) is 40.1 Å². The van der Waals surface area contributed by atoms with Crippen molar-refractivity contribution in [2.45, 2.75) is 17.9 Å². The van der Waals surface area contributed by atoms with Crippen LogP contribution in [-0.4, -0.2) is 68.9 Å². The molecule has 0 aliphatic carbocycles. The minimum absolute atomic E-state index is 0.0564. The molecule has 0 heterocycles. The number of nitrogens with zero attached hydrogens (tertiary/aromatic N) is 1. The molecule has 0 saturated heterocycles. The van der Waals surface area contributed by atoms with Gasteiger partial charge in [0.15, 0.2) is 6.10 Å². The van der Waals surface area contributed by atoms with Crippen LogP contribution in [0.2, 0.25) is 0 Å². The topological polar surface area (TPSA) is 84.9 Å². The molecule has 1 atom stereocenters. The third-order valence-corrected chi connectivity index (χ3v) is 4.27. The summed E-state index contributed by atoms with van der Waals surface area (Å²) in [6.07, 6.45) is -0.925. The highest BCUT2D eigenvalue weighted by Gasteiger charge is 2.21. The van der Waals surface area contributed by atoms with E-state index in [0.29, 0.717) is 23.6 Å². The second-order valence-corrected chi connectivity index (χ2v) is 6.42. The van der Waals surface area contributed by atoms with Crippen LogP contribution in [0.15, 0.2) is 29.2 Å². The van der Waals surface area contributed by atoms with E-state index in [1.807, 2.05) is 0 Å². The third-order valence-electron chi connectivity index (χ3n) is 3.22. The Balaban J connectivity index is 2.68. The summed E-state index contributed by atoms with van der Waals surface area (Å²) in [5.74, 6) is -0.836. The lowest BCUT2D eigenvalue weighted by atomic mass is 10.2. The van der Waals surface area contributed by atoms with Crippen LogP contribution in [0.1, 0.15) is 17.3 Å². The lowest BCUT2D eigenvalue weighted by Gasteiger charge is -2.15. The average molecular weight is 368 g/mol. The highest BCUT2D eigenvalue weighted by Crippen LogP contribution is 2.24. The molecule has 0 spiro atoms. The van der Waals surface area contributed by atoms with E-state index in [2.05, 4.69) is 5.32 Å². The van der Waals surface area contributed by atoms with Gasteiger partial charge in [-0.1, -0.05) is 12.1 Å². The quantitative estimate of drug-likeness (QED) is 0.400. The van der Waals surface area contributed by atoms with Crippen molar-refractivity contribution in [2.24, 2.45) is 0 Å². The first-order valence-electron chi connectivity index (χ1n) is 7.76. The van der Waals surface area contributed by atoms with Crippen LogP contribution in [0.3, 0.4) is 0 Å². The number of carbonyl (C=O) groups excluding carboxylic acids is 3. The number of benzene rings is 1. The summed E-state index contributed by atoms with van der Waals surface area (Å²) in [5.41, 5.74) is 0.329. The van der Waals surface area contributed by atoms with Crippen molar-refractivity contribution in [1.82, 2.24) is 10.2 Å². The van der Waals surface area contributed by atoms with Crippen molar-refractivity contribution in [3.63, 3.8) is 0 Å². The van der Waals surface area contributed by atoms with Crippen LogP contribution in [0, 0.1) is 0 Å². The molecule has 0 fully saturated rings. The van der Waals surface area contributed by atoms with Crippen LogP contribution < -0.4 is 5.32 Å². The number of hydrogen-bond acceptors (Lipinski definition) is 6. The molecule has 138 valence electrons. The molecular weight excluding hydrogens is 344 g/mol. The van der Waals surface area contributed by atoms with E-state index in [9.17, 15) is 14.4 Å². The maximum atomic E-state index is 12.4. The number of esters is 1. The van der Waals surface area contributed by atoms with Gasteiger partial charge >= 0.3 is 5.97 Å². The number of methoxy groups -OCH3 is 1. The van der Waals surface area contributed by atoms with Gasteiger partial charge in [-0.15, -0.1) is 11.8 Å². The van der Waals surface area contributed by atoms with Crippen molar-refractivity contribution in [3.8, 4) is 0 Å². The zero-order valence-electron chi connectivity index (χ0n) is 14.9. The lowest BCUT2D eigenvalue weighted by Crippen LogP contribution is -2.37. The van der Waals surface area contributed by atoms with Gasteiger partial charge in [-0.05, 0) is 19.1 Å². The predicted molar refractivity (Wildman–Crippen MR) is 95.6 cm³/mol. The molecule has 0 aliphatic heterocycles. The Hall–Kier alpha value is -2.06. The molecule has 1 aromatic carbocycles. The molecule has 2 amide bonds. The highest BCUT2D eigenvalue weighted by molar-refractivity contribution is 8.00. The highest BCUT2D eigenvalue weighted by atomic mass is 32.2. The Morgan fingerprint density at radius 1 is 1.24 bits per heavy atom. The van der Waals surface area contributed by atoms with Crippen molar-refractivity contribution in [1.29, 1.82) is 0 Å². The second-order valence-electron chi connectivity index (χ2n) is 5.40. The number of hydrogen-bond donors (Lipinski definition) is 1. The minimum atomic E-state index is -0.925. The van der Waals surface area contributed by atoms with Gasteiger partial charge in [0.25, 0.3) is 5.91 Å². The average Bonchev–Trinajstić information content (AvgIpc) is 2.59. The largest absolute Gasteiger partial charge is 0.449 e. The Kier molecular flexibility index (Phi) is 9.01. The first-order chi connectivity index (χ1) is 11.9. The Bertz CT molecular complexity index is 606. The second kappa shape index (κ2) is 10.7. The fraction of sp³-hybridized carbons (Fsp3) is 0.471. The van der Waals surface area contributed by atoms with E-state index in [1.54, 1.807) is 38.4 Å². The molecule has 7 nitrogen and oxygen atoms in total. The molecule has 0 aromatic heterocycles. The van der Waals surface area contributed by atoms with Crippen LogP contribution in [0.4, 0.5) is 0 Å². The fourth-order valence-electron chi connectivity index (χ4n) is 1.73. The van der Waals surface area contributed by atoms with Gasteiger partial charge in [-0.25, -0.2) is 4.79 Å². The SMILES string of the molecule is COCCNC(=O)[C@H](C)OC(=O)c1ccccc1SCC(=O)N(C)C. The molecule has 25 heavy (non-hydrogen) atoms. The number of nitrogens with one attached hydrogen (secondary N) is 1. The van der Waals surface area contributed by atoms with Gasteiger partial charge in [0.2, 0.25) is 5.91 Å². The monoisotopic (exact) mass is 368 g/mol. The lowest BCUT2D eigenvalue weighted by molar-refractivity contribution is -0.129. The van der Waals surface area contributed by atoms with E-state index >= 15 is 0 Å². The van der Waals surface area contributed by atoms with Gasteiger partial charge < -0.3 is 19.7 Å². The molecule has 0 bridgehead atoms. The standard InChI is InChI=1S/C17H24N2O5S/c1-12(16(21)18-9-10-23-4)24-17(22)13-7-5-6-8-14(13)25-11-15(20)19(2)3/h5-8,12H,9-11H2,1-4H3,(H,18,21)/t12-/m0/s1. The molecule has 1 aromatic rings. The predicted octanol–water partition coefficient (Wildman–Crippen LogP) is 1.17. The van der Waals surface area contributed by atoms with Gasteiger partial charge in [0, 0.05) is 32.6 Å². The zero-order chi connectivity index (χ0) is 18.8. The smallest absolute Gasteiger partial charge is 0.340 e.